The molecule has 1 aromatic rings. The summed E-state index contributed by atoms with van der Waals surface area (Å²) in [6.45, 7) is 4.80. The lowest BCUT2D eigenvalue weighted by Crippen LogP contribution is -2.36. The number of halogens is 1. The minimum Gasteiger partial charge on any atom is -0.370 e. The van der Waals surface area contributed by atoms with Gasteiger partial charge in [0.1, 0.15) is 5.69 Å². The van der Waals surface area contributed by atoms with E-state index in [0.717, 1.165) is 0 Å². The van der Waals surface area contributed by atoms with E-state index in [-0.39, 0.29) is 28.9 Å². The topological polar surface area (TPSA) is 124 Å². The number of aromatic nitrogens is 2. The molecule has 19 heavy (non-hydrogen) atoms. The van der Waals surface area contributed by atoms with Gasteiger partial charge in [-0.15, -0.1) is 0 Å². The minimum absolute atomic E-state index is 0.00910. The molecule has 1 amide bonds. The summed E-state index contributed by atoms with van der Waals surface area (Å²) in [5, 5.41) is 13.7. The lowest BCUT2D eigenvalue weighted by atomic mass is 10.0. The Morgan fingerprint density at radius 1 is 1.53 bits per heavy atom. The summed E-state index contributed by atoms with van der Waals surface area (Å²) < 4.78 is 0. The lowest BCUT2D eigenvalue weighted by Gasteiger charge is -2.25. The Labute approximate surface area is 114 Å². The third-order valence-electron chi connectivity index (χ3n) is 2.29. The van der Waals surface area contributed by atoms with Gasteiger partial charge in [0, 0.05) is 12.0 Å². The highest BCUT2D eigenvalue weighted by atomic mass is 35.5. The summed E-state index contributed by atoms with van der Waals surface area (Å²) in [5.74, 6) is -0.564. The molecule has 0 aliphatic rings. The number of nitrogens with zero attached hydrogens (tertiary/aromatic N) is 3. The maximum atomic E-state index is 11.0. The number of hydrogen-bond acceptors (Lipinski definition) is 6. The maximum absolute atomic E-state index is 11.0. The number of nitrogens with one attached hydrogen (secondary N) is 1. The van der Waals surface area contributed by atoms with Gasteiger partial charge in [-0.05, 0) is 32.4 Å². The number of aryl methyl sites for hydroxylation is 1. The first-order valence-electron chi connectivity index (χ1n) is 5.37. The Morgan fingerprint density at radius 3 is 2.58 bits per heavy atom. The van der Waals surface area contributed by atoms with E-state index in [9.17, 15) is 14.9 Å². The summed E-state index contributed by atoms with van der Waals surface area (Å²) in [6.07, 6.45) is -0.00910. The number of amides is 1. The third kappa shape index (κ3) is 4.02. The van der Waals surface area contributed by atoms with E-state index < -0.39 is 16.4 Å². The molecule has 0 aliphatic carbocycles. The van der Waals surface area contributed by atoms with Crippen molar-refractivity contribution < 1.29 is 9.72 Å². The molecule has 0 spiro atoms. The molecule has 0 atom stereocenters. The van der Waals surface area contributed by atoms with Gasteiger partial charge in [0.15, 0.2) is 0 Å². The molecule has 104 valence electrons. The second-order valence-corrected chi connectivity index (χ2v) is 5.02. The van der Waals surface area contributed by atoms with Crippen LogP contribution in [-0.4, -0.2) is 26.3 Å². The van der Waals surface area contributed by atoms with Gasteiger partial charge in [-0.25, -0.2) is 4.98 Å². The molecule has 0 radical (unpaired) electrons. The molecular formula is C10H14ClN5O3. The van der Waals surface area contributed by atoms with E-state index in [4.69, 9.17) is 17.3 Å². The molecule has 1 heterocycles. The molecule has 0 aromatic carbocycles. The highest BCUT2D eigenvalue weighted by Crippen LogP contribution is 2.29. The van der Waals surface area contributed by atoms with Gasteiger partial charge < -0.3 is 11.1 Å². The fraction of sp³-hybridized carbons (Fsp3) is 0.500. The van der Waals surface area contributed by atoms with Crippen molar-refractivity contribution in [2.75, 3.05) is 5.32 Å². The normalized spacial score (nSPS) is 11.2. The van der Waals surface area contributed by atoms with Crippen LogP contribution in [0.25, 0.3) is 0 Å². The predicted molar refractivity (Wildman–Crippen MR) is 69.9 cm³/mol. The van der Waals surface area contributed by atoms with E-state index in [2.05, 4.69) is 15.3 Å². The molecule has 9 heteroatoms. The van der Waals surface area contributed by atoms with Gasteiger partial charge in [0.25, 0.3) is 0 Å². The van der Waals surface area contributed by atoms with Crippen LogP contribution in [0.4, 0.5) is 11.5 Å². The van der Waals surface area contributed by atoms with Gasteiger partial charge in [-0.1, -0.05) is 0 Å². The number of rotatable bonds is 5. The largest absolute Gasteiger partial charge is 0.370 e. The molecule has 0 unspecified atom stereocenters. The van der Waals surface area contributed by atoms with Gasteiger partial charge >= 0.3 is 5.69 Å². The molecule has 0 bridgehead atoms. The van der Waals surface area contributed by atoms with Crippen molar-refractivity contribution >= 4 is 29.0 Å². The Morgan fingerprint density at radius 2 is 2.11 bits per heavy atom. The van der Waals surface area contributed by atoms with Crippen molar-refractivity contribution in [1.29, 1.82) is 0 Å². The summed E-state index contributed by atoms with van der Waals surface area (Å²) >= 11 is 5.68. The van der Waals surface area contributed by atoms with Crippen LogP contribution in [0, 0.1) is 17.0 Å². The highest BCUT2D eigenvalue weighted by molar-refractivity contribution is 6.28. The average Bonchev–Trinajstić information content (AvgIpc) is 2.10. The number of primary amides is 1. The van der Waals surface area contributed by atoms with Crippen LogP contribution in [0.3, 0.4) is 0 Å². The fourth-order valence-electron chi connectivity index (χ4n) is 1.64. The van der Waals surface area contributed by atoms with Crippen LogP contribution < -0.4 is 11.1 Å². The van der Waals surface area contributed by atoms with E-state index in [1.807, 2.05) is 0 Å². The van der Waals surface area contributed by atoms with E-state index in [1.54, 1.807) is 13.8 Å². The lowest BCUT2D eigenvalue weighted by molar-refractivity contribution is -0.385. The monoisotopic (exact) mass is 287 g/mol. The first-order chi connectivity index (χ1) is 8.62. The quantitative estimate of drug-likeness (QED) is 0.479. The Kier molecular flexibility index (Phi) is 4.25. The summed E-state index contributed by atoms with van der Waals surface area (Å²) in [6, 6.07) is 0. The Bertz CT molecular complexity index is 532. The number of carbonyl (C=O) groups is 1. The number of nitrogens with two attached hydrogens (primary N) is 1. The van der Waals surface area contributed by atoms with Crippen molar-refractivity contribution in [3.63, 3.8) is 0 Å². The van der Waals surface area contributed by atoms with Crippen molar-refractivity contribution in [1.82, 2.24) is 9.97 Å². The fourth-order valence-corrected chi connectivity index (χ4v) is 1.85. The minimum atomic E-state index is -0.791. The first-order valence-corrected chi connectivity index (χ1v) is 5.75. The standard InChI is InChI=1S/C10H14ClN5O3/c1-5-7(16(18)19)8(14-9(11)13-5)15-10(2,3)4-6(12)17/h4H2,1-3H3,(H2,12,17)(H,13,14,15). The molecule has 3 N–H and O–H groups in total. The smallest absolute Gasteiger partial charge is 0.332 e. The van der Waals surface area contributed by atoms with Gasteiger partial charge in [-0.2, -0.15) is 4.98 Å². The maximum Gasteiger partial charge on any atom is 0.332 e. The number of hydrogen-bond donors (Lipinski definition) is 2. The van der Waals surface area contributed by atoms with Crippen molar-refractivity contribution in [2.24, 2.45) is 5.73 Å². The molecule has 0 fully saturated rings. The van der Waals surface area contributed by atoms with Crippen molar-refractivity contribution in [3.8, 4) is 0 Å². The van der Waals surface area contributed by atoms with Crippen molar-refractivity contribution in [2.45, 2.75) is 32.7 Å². The average molecular weight is 288 g/mol. The SMILES string of the molecule is Cc1nc(Cl)nc(NC(C)(C)CC(N)=O)c1[N+](=O)[O-]. The summed E-state index contributed by atoms with van der Waals surface area (Å²) in [4.78, 5) is 28.9. The van der Waals surface area contributed by atoms with Crippen LogP contribution in [0.15, 0.2) is 0 Å². The van der Waals surface area contributed by atoms with E-state index in [1.165, 1.54) is 6.92 Å². The van der Waals surface area contributed by atoms with Gasteiger partial charge in [-0.3, -0.25) is 14.9 Å². The highest BCUT2D eigenvalue weighted by Gasteiger charge is 2.28. The molecular weight excluding hydrogens is 274 g/mol. The van der Waals surface area contributed by atoms with Crippen molar-refractivity contribution in [3.05, 3.63) is 21.1 Å². The zero-order chi connectivity index (χ0) is 14.8. The molecule has 0 aliphatic heterocycles. The summed E-state index contributed by atoms with van der Waals surface area (Å²) in [7, 11) is 0. The molecule has 1 aromatic heterocycles. The van der Waals surface area contributed by atoms with E-state index >= 15 is 0 Å². The van der Waals surface area contributed by atoms with Crippen LogP contribution in [0.1, 0.15) is 26.0 Å². The summed E-state index contributed by atoms with van der Waals surface area (Å²) in [5.41, 5.74) is 4.19. The molecule has 0 saturated heterocycles. The van der Waals surface area contributed by atoms with Crippen LogP contribution in [-0.2, 0) is 4.79 Å². The Hall–Kier alpha value is -1.96. The van der Waals surface area contributed by atoms with Gasteiger partial charge in [0.2, 0.25) is 17.0 Å². The van der Waals surface area contributed by atoms with Crippen LogP contribution >= 0.6 is 11.6 Å². The van der Waals surface area contributed by atoms with Crippen LogP contribution in [0.2, 0.25) is 5.28 Å². The molecule has 1 rings (SSSR count). The number of nitro groups is 1. The predicted octanol–water partition coefficient (Wildman–Crippen LogP) is 1.41. The zero-order valence-corrected chi connectivity index (χ0v) is 11.5. The third-order valence-corrected chi connectivity index (χ3v) is 2.46. The second-order valence-electron chi connectivity index (χ2n) is 4.68. The van der Waals surface area contributed by atoms with E-state index in [0.29, 0.717) is 0 Å². The van der Waals surface area contributed by atoms with Gasteiger partial charge in [0.05, 0.1) is 4.92 Å². The number of anilines is 1. The number of carbonyl (C=O) groups excluding carboxylic acids is 1. The molecule has 8 nitrogen and oxygen atoms in total. The zero-order valence-electron chi connectivity index (χ0n) is 10.7. The molecule has 0 saturated carbocycles. The second kappa shape index (κ2) is 5.35. The Balaban J connectivity index is 3.19. The first kappa shape index (κ1) is 15.1. The van der Waals surface area contributed by atoms with Crippen LogP contribution in [0.5, 0.6) is 0 Å².